The molecule has 1 saturated heterocycles. The molecule has 1 aromatic heterocycles. The van der Waals surface area contributed by atoms with Gasteiger partial charge in [-0.3, -0.25) is 4.90 Å². The van der Waals surface area contributed by atoms with Crippen LogP contribution in [0.5, 0.6) is 0 Å². The molecule has 1 aliphatic rings. The summed E-state index contributed by atoms with van der Waals surface area (Å²) in [4.78, 5) is 4.88. The smallest absolute Gasteiger partial charge is 0.0697 e. The quantitative estimate of drug-likeness (QED) is 0.822. The highest BCUT2D eigenvalue weighted by Crippen LogP contribution is 2.11. The van der Waals surface area contributed by atoms with Gasteiger partial charge in [0.2, 0.25) is 0 Å². The molecule has 0 aliphatic carbocycles. The standard InChI is InChI=1S/C14H19N5/c1-17-8-10-18(11-9-17)12-13-2-4-14(5-3-13)19-7-6-15-16-19/h2-7H,8-12H2,1H3. The topological polar surface area (TPSA) is 37.2 Å². The first kappa shape index (κ1) is 12.3. The average molecular weight is 257 g/mol. The van der Waals surface area contributed by atoms with Gasteiger partial charge in [-0.05, 0) is 24.7 Å². The van der Waals surface area contributed by atoms with E-state index in [9.17, 15) is 0 Å². The van der Waals surface area contributed by atoms with E-state index in [0.717, 1.165) is 38.4 Å². The summed E-state index contributed by atoms with van der Waals surface area (Å²) in [5.41, 5.74) is 2.41. The maximum absolute atomic E-state index is 3.99. The molecule has 1 aromatic carbocycles. The van der Waals surface area contributed by atoms with Gasteiger partial charge in [0.25, 0.3) is 0 Å². The Balaban J connectivity index is 1.63. The largest absolute Gasteiger partial charge is 0.304 e. The Morgan fingerprint density at radius 3 is 2.42 bits per heavy atom. The van der Waals surface area contributed by atoms with E-state index in [1.807, 2.05) is 6.20 Å². The first-order valence-electron chi connectivity index (χ1n) is 6.68. The van der Waals surface area contributed by atoms with Gasteiger partial charge < -0.3 is 4.90 Å². The Kier molecular flexibility index (Phi) is 3.57. The van der Waals surface area contributed by atoms with Crippen LogP contribution in [-0.4, -0.2) is 58.0 Å². The molecule has 100 valence electrons. The van der Waals surface area contributed by atoms with Crippen LogP contribution >= 0.6 is 0 Å². The monoisotopic (exact) mass is 257 g/mol. The third kappa shape index (κ3) is 3.00. The van der Waals surface area contributed by atoms with Crippen molar-refractivity contribution in [2.75, 3.05) is 33.2 Å². The summed E-state index contributed by atoms with van der Waals surface area (Å²) in [6.45, 7) is 5.67. The molecule has 0 bridgehead atoms. The van der Waals surface area contributed by atoms with Crippen LogP contribution in [0.2, 0.25) is 0 Å². The van der Waals surface area contributed by atoms with Crippen molar-refractivity contribution in [3.8, 4) is 5.69 Å². The highest BCUT2D eigenvalue weighted by Gasteiger charge is 2.13. The van der Waals surface area contributed by atoms with Crippen molar-refractivity contribution in [1.29, 1.82) is 0 Å². The van der Waals surface area contributed by atoms with Gasteiger partial charge in [0, 0.05) is 32.7 Å². The normalized spacial score (nSPS) is 17.7. The van der Waals surface area contributed by atoms with Crippen LogP contribution in [-0.2, 0) is 6.54 Å². The molecule has 19 heavy (non-hydrogen) atoms. The first-order chi connectivity index (χ1) is 9.31. The zero-order valence-corrected chi connectivity index (χ0v) is 11.2. The fourth-order valence-electron chi connectivity index (χ4n) is 2.36. The van der Waals surface area contributed by atoms with Gasteiger partial charge in [0.15, 0.2) is 0 Å². The molecule has 1 fully saturated rings. The SMILES string of the molecule is CN1CCN(Cc2ccc(-n3ccnn3)cc2)CC1. The summed E-state index contributed by atoms with van der Waals surface area (Å²) < 4.78 is 1.78. The predicted molar refractivity (Wildman–Crippen MR) is 74.1 cm³/mol. The number of rotatable bonds is 3. The van der Waals surface area contributed by atoms with Crippen LogP contribution in [0, 0.1) is 0 Å². The lowest BCUT2D eigenvalue weighted by atomic mass is 10.2. The van der Waals surface area contributed by atoms with Crippen LogP contribution in [0.15, 0.2) is 36.7 Å². The van der Waals surface area contributed by atoms with Gasteiger partial charge >= 0.3 is 0 Å². The van der Waals surface area contributed by atoms with Crippen LogP contribution in [0.4, 0.5) is 0 Å². The van der Waals surface area contributed by atoms with E-state index < -0.39 is 0 Å². The molecule has 0 unspecified atom stereocenters. The van der Waals surface area contributed by atoms with Gasteiger partial charge in [-0.1, -0.05) is 17.3 Å². The average Bonchev–Trinajstić information content (AvgIpc) is 2.96. The molecule has 0 atom stereocenters. The molecular weight excluding hydrogens is 238 g/mol. The molecule has 2 aromatic rings. The number of likely N-dealkylation sites (N-methyl/N-ethyl adjacent to an activating group) is 1. The maximum Gasteiger partial charge on any atom is 0.0697 e. The van der Waals surface area contributed by atoms with Gasteiger partial charge in [0.1, 0.15) is 0 Å². The summed E-state index contributed by atoms with van der Waals surface area (Å²) in [7, 11) is 2.18. The first-order valence-corrected chi connectivity index (χ1v) is 6.68. The highest BCUT2D eigenvalue weighted by atomic mass is 15.4. The molecule has 0 amide bonds. The zero-order chi connectivity index (χ0) is 13.1. The predicted octanol–water partition coefficient (Wildman–Crippen LogP) is 1.01. The number of hydrogen-bond donors (Lipinski definition) is 0. The van der Waals surface area contributed by atoms with Gasteiger partial charge in [-0.25, -0.2) is 4.68 Å². The lowest BCUT2D eigenvalue weighted by Gasteiger charge is -2.32. The fourth-order valence-corrected chi connectivity index (χ4v) is 2.36. The lowest BCUT2D eigenvalue weighted by Crippen LogP contribution is -2.43. The summed E-state index contributed by atoms with van der Waals surface area (Å²) in [5.74, 6) is 0. The van der Waals surface area contributed by atoms with E-state index in [4.69, 9.17) is 0 Å². The molecule has 0 N–H and O–H groups in total. The number of piperazine rings is 1. The second kappa shape index (κ2) is 5.50. The fraction of sp³-hybridized carbons (Fsp3) is 0.429. The van der Waals surface area contributed by atoms with Crippen molar-refractivity contribution < 1.29 is 0 Å². The van der Waals surface area contributed by atoms with E-state index in [1.165, 1.54) is 5.56 Å². The third-order valence-electron chi connectivity index (χ3n) is 3.63. The molecule has 1 aliphatic heterocycles. The second-order valence-corrected chi connectivity index (χ2v) is 5.09. The van der Waals surface area contributed by atoms with Gasteiger partial charge in [-0.15, -0.1) is 5.10 Å². The molecule has 2 heterocycles. The molecular formula is C14H19N5. The Bertz CT molecular complexity index is 497. The lowest BCUT2D eigenvalue weighted by molar-refractivity contribution is 0.148. The minimum absolute atomic E-state index is 1.03. The molecule has 5 heteroatoms. The van der Waals surface area contributed by atoms with Crippen LogP contribution in [0.25, 0.3) is 5.69 Å². The minimum Gasteiger partial charge on any atom is -0.304 e. The number of benzene rings is 1. The molecule has 5 nitrogen and oxygen atoms in total. The Labute approximate surface area is 113 Å². The number of hydrogen-bond acceptors (Lipinski definition) is 4. The Morgan fingerprint density at radius 2 is 1.79 bits per heavy atom. The third-order valence-corrected chi connectivity index (χ3v) is 3.63. The number of aromatic nitrogens is 3. The summed E-state index contributed by atoms with van der Waals surface area (Å²) in [6, 6.07) is 8.55. The van der Waals surface area contributed by atoms with Gasteiger partial charge in [-0.2, -0.15) is 0 Å². The van der Waals surface area contributed by atoms with E-state index in [2.05, 4.69) is 51.4 Å². The van der Waals surface area contributed by atoms with Crippen molar-refractivity contribution in [2.24, 2.45) is 0 Å². The maximum atomic E-state index is 3.99. The van der Waals surface area contributed by atoms with E-state index in [1.54, 1.807) is 10.9 Å². The zero-order valence-electron chi connectivity index (χ0n) is 11.2. The summed E-state index contributed by atoms with van der Waals surface area (Å²) >= 11 is 0. The van der Waals surface area contributed by atoms with Crippen LogP contribution in [0.1, 0.15) is 5.56 Å². The van der Waals surface area contributed by atoms with E-state index in [0.29, 0.717) is 0 Å². The molecule has 3 rings (SSSR count). The van der Waals surface area contributed by atoms with Crippen molar-refractivity contribution in [1.82, 2.24) is 24.8 Å². The molecule has 0 radical (unpaired) electrons. The van der Waals surface area contributed by atoms with Crippen molar-refractivity contribution in [2.45, 2.75) is 6.54 Å². The van der Waals surface area contributed by atoms with Crippen molar-refractivity contribution in [3.05, 3.63) is 42.2 Å². The van der Waals surface area contributed by atoms with Crippen LogP contribution in [0.3, 0.4) is 0 Å². The van der Waals surface area contributed by atoms with Crippen LogP contribution < -0.4 is 0 Å². The second-order valence-electron chi connectivity index (χ2n) is 5.09. The van der Waals surface area contributed by atoms with E-state index in [-0.39, 0.29) is 0 Å². The van der Waals surface area contributed by atoms with Crippen molar-refractivity contribution in [3.63, 3.8) is 0 Å². The summed E-state index contributed by atoms with van der Waals surface area (Å²) in [6.07, 6.45) is 3.55. The highest BCUT2D eigenvalue weighted by molar-refractivity contribution is 5.33. The van der Waals surface area contributed by atoms with Gasteiger partial charge in [0.05, 0.1) is 18.1 Å². The summed E-state index contributed by atoms with van der Waals surface area (Å²) in [5, 5.41) is 7.81. The Morgan fingerprint density at radius 1 is 1.05 bits per heavy atom. The van der Waals surface area contributed by atoms with Crippen molar-refractivity contribution >= 4 is 0 Å². The Hall–Kier alpha value is -1.72. The minimum atomic E-state index is 1.03. The molecule has 0 spiro atoms. The van der Waals surface area contributed by atoms with E-state index >= 15 is 0 Å². The number of nitrogens with zero attached hydrogens (tertiary/aromatic N) is 5. The molecule has 0 saturated carbocycles.